The lowest BCUT2D eigenvalue weighted by Crippen LogP contribution is -2.11. The Kier molecular flexibility index (Phi) is 5.01. The quantitative estimate of drug-likeness (QED) is 0.764. The monoisotopic (exact) mass is 302 g/mol. The highest BCUT2D eigenvalue weighted by Gasteiger charge is 2.12. The second-order valence-electron chi connectivity index (χ2n) is 6.07. The van der Waals surface area contributed by atoms with Gasteiger partial charge in [-0.2, -0.15) is 0 Å². The number of ether oxygens (including phenoxy) is 1. The molecule has 0 saturated heterocycles. The zero-order valence-electron chi connectivity index (χ0n) is 13.6. The first kappa shape index (κ1) is 16.3. The van der Waals surface area contributed by atoms with E-state index in [9.17, 15) is 9.59 Å². The Morgan fingerprint density at radius 3 is 2.68 bits per heavy atom. The maximum absolute atomic E-state index is 12.2. The number of ketones is 1. The van der Waals surface area contributed by atoms with Crippen LogP contribution in [0.2, 0.25) is 0 Å². The largest absolute Gasteiger partial charge is 0.486 e. The van der Waals surface area contributed by atoms with Crippen molar-refractivity contribution in [3.05, 3.63) is 39.7 Å². The number of rotatable bonds is 6. The fourth-order valence-corrected chi connectivity index (χ4v) is 2.37. The summed E-state index contributed by atoms with van der Waals surface area (Å²) in [7, 11) is 0. The topological polar surface area (TPSA) is 56.5 Å². The van der Waals surface area contributed by atoms with E-state index in [1.165, 1.54) is 6.92 Å². The molecule has 0 bridgehead atoms. The van der Waals surface area contributed by atoms with Crippen molar-refractivity contribution in [1.29, 1.82) is 0 Å². The highest BCUT2D eigenvalue weighted by Crippen LogP contribution is 2.25. The van der Waals surface area contributed by atoms with E-state index in [4.69, 9.17) is 9.15 Å². The Balaban J connectivity index is 2.38. The van der Waals surface area contributed by atoms with Crippen LogP contribution < -0.4 is 10.4 Å². The molecule has 0 amide bonds. The normalized spacial score (nSPS) is 11.1. The van der Waals surface area contributed by atoms with Crippen LogP contribution >= 0.6 is 0 Å². The molecule has 2 rings (SSSR count). The zero-order valence-corrected chi connectivity index (χ0v) is 13.6. The van der Waals surface area contributed by atoms with Gasteiger partial charge in [0.25, 0.3) is 0 Å². The van der Waals surface area contributed by atoms with Crippen LogP contribution in [0, 0.1) is 12.8 Å². The highest BCUT2D eigenvalue weighted by atomic mass is 16.5. The fraction of sp³-hybridized carbons (Fsp3) is 0.444. The van der Waals surface area contributed by atoms with E-state index in [0.717, 1.165) is 29.4 Å². The molecule has 2 aromatic rings. The third kappa shape index (κ3) is 3.75. The van der Waals surface area contributed by atoms with Crippen molar-refractivity contribution < 1.29 is 13.9 Å². The summed E-state index contributed by atoms with van der Waals surface area (Å²) in [6, 6.07) is 5.34. The molecular formula is C18H22O4. The molecule has 0 atom stereocenters. The van der Waals surface area contributed by atoms with Gasteiger partial charge in [-0.05, 0) is 50.3 Å². The Bertz CT molecular complexity index is 741. The van der Waals surface area contributed by atoms with Crippen LogP contribution in [0.15, 0.2) is 27.4 Å². The van der Waals surface area contributed by atoms with Gasteiger partial charge in [0.1, 0.15) is 17.9 Å². The Hall–Kier alpha value is -2.10. The van der Waals surface area contributed by atoms with E-state index in [1.807, 2.05) is 13.0 Å². The molecule has 22 heavy (non-hydrogen) atoms. The van der Waals surface area contributed by atoms with Gasteiger partial charge in [0.15, 0.2) is 5.78 Å². The molecule has 1 heterocycles. The third-order valence-corrected chi connectivity index (χ3v) is 3.67. The van der Waals surface area contributed by atoms with E-state index in [0.29, 0.717) is 17.3 Å². The maximum atomic E-state index is 12.2. The third-order valence-electron chi connectivity index (χ3n) is 3.67. The van der Waals surface area contributed by atoms with Crippen LogP contribution in [0.25, 0.3) is 11.0 Å². The molecule has 0 fully saturated rings. The van der Waals surface area contributed by atoms with Gasteiger partial charge >= 0.3 is 5.63 Å². The molecule has 4 nitrogen and oxygen atoms in total. The lowest BCUT2D eigenvalue weighted by molar-refractivity contribution is -0.118. The lowest BCUT2D eigenvalue weighted by atomic mass is 9.98. The van der Waals surface area contributed by atoms with Gasteiger partial charge in [0, 0.05) is 17.0 Å². The number of carbonyl (C=O) groups excluding carboxylic acids is 1. The number of hydrogen-bond donors (Lipinski definition) is 0. The summed E-state index contributed by atoms with van der Waals surface area (Å²) in [6.45, 7) is 7.70. The van der Waals surface area contributed by atoms with Crippen molar-refractivity contribution in [3.8, 4) is 5.75 Å². The minimum Gasteiger partial charge on any atom is -0.486 e. The molecule has 0 aliphatic rings. The second-order valence-corrected chi connectivity index (χ2v) is 6.07. The highest BCUT2D eigenvalue weighted by molar-refractivity contribution is 5.82. The fourth-order valence-electron chi connectivity index (χ4n) is 2.37. The summed E-state index contributed by atoms with van der Waals surface area (Å²) in [5.74, 6) is 1.01. The predicted octanol–water partition coefficient (Wildman–Crippen LogP) is 3.66. The van der Waals surface area contributed by atoms with Gasteiger partial charge in [0.05, 0.1) is 0 Å². The maximum Gasteiger partial charge on any atom is 0.339 e. The average molecular weight is 302 g/mol. The Morgan fingerprint density at radius 2 is 2.05 bits per heavy atom. The molecule has 0 aliphatic heterocycles. The van der Waals surface area contributed by atoms with Gasteiger partial charge in [-0.15, -0.1) is 0 Å². The van der Waals surface area contributed by atoms with E-state index < -0.39 is 0 Å². The SMILES string of the molecule is CC(=O)COc1ccc2c(C)c(CCC(C)C)c(=O)oc2c1. The van der Waals surface area contributed by atoms with Gasteiger partial charge < -0.3 is 9.15 Å². The van der Waals surface area contributed by atoms with Crippen LogP contribution in [0.4, 0.5) is 0 Å². The van der Waals surface area contributed by atoms with Gasteiger partial charge in [-0.1, -0.05) is 13.8 Å². The van der Waals surface area contributed by atoms with Crippen molar-refractivity contribution in [2.24, 2.45) is 5.92 Å². The van der Waals surface area contributed by atoms with Crippen LogP contribution in [-0.4, -0.2) is 12.4 Å². The first-order valence-corrected chi connectivity index (χ1v) is 7.57. The Labute approximate surface area is 130 Å². The molecule has 0 spiro atoms. The molecular weight excluding hydrogens is 280 g/mol. The summed E-state index contributed by atoms with van der Waals surface area (Å²) >= 11 is 0. The summed E-state index contributed by atoms with van der Waals surface area (Å²) < 4.78 is 10.8. The van der Waals surface area contributed by atoms with Gasteiger partial charge in [-0.3, -0.25) is 4.79 Å². The number of carbonyl (C=O) groups is 1. The van der Waals surface area contributed by atoms with Crippen molar-refractivity contribution >= 4 is 16.8 Å². The summed E-state index contributed by atoms with van der Waals surface area (Å²) in [5, 5.41) is 0.911. The average Bonchev–Trinajstić information content (AvgIpc) is 2.44. The van der Waals surface area contributed by atoms with Crippen molar-refractivity contribution in [2.75, 3.05) is 6.61 Å². The molecule has 4 heteroatoms. The van der Waals surface area contributed by atoms with Crippen LogP contribution in [0.5, 0.6) is 5.75 Å². The molecule has 0 N–H and O–H groups in total. The van der Waals surface area contributed by atoms with Crippen LogP contribution in [0.3, 0.4) is 0 Å². The van der Waals surface area contributed by atoms with Crippen LogP contribution in [0.1, 0.15) is 38.3 Å². The number of aryl methyl sites for hydroxylation is 1. The molecule has 0 saturated carbocycles. The minimum atomic E-state index is -0.283. The van der Waals surface area contributed by atoms with Crippen molar-refractivity contribution in [1.82, 2.24) is 0 Å². The van der Waals surface area contributed by atoms with Crippen molar-refractivity contribution in [2.45, 2.75) is 40.5 Å². The summed E-state index contributed by atoms with van der Waals surface area (Å²) in [6.07, 6.45) is 1.68. The van der Waals surface area contributed by atoms with E-state index in [2.05, 4.69) is 13.8 Å². The Morgan fingerprint density at radius 1 is 1.32 bits per heavy atom. The standard InChI is InChI=1S/C18H22O4/c1-11(2)5-7-16-13(4)15-8-6-14(21-10-12(3)19)9-17(15)22-18(16)20/h6,8-9,11H,5,7,10H2,1-4H3. The lowest BCUT2D eigenvalue weighted by Gasteiger charge is -2.10. The molecule has 1 aromatic heterocycles. The van der Waals surface area contributed by atoms with Gasteiger partial charge in [0.2, 0.25) is 0 Å². The summed E-state index contributed by atoms with van der Waals surface area (Å²) in [5.41, 5.74) is 1.93. The smallest absolute Gasteiger partial charge is 0.339 e. The molecule has 0 unspecified atom stereocenters. The molecule has 1 aromatic carbocycles. The molecule has 0 aliphatic carbocycles. The molecule has 0 radical (unpaired) electrons. The predicted molar refractivity (Wildman–Crippen MR) is 86.6 cm³/mol. The number of hydrogen-bond acceptors (Lipinski definition) is 4. The van der Waals surface area contributed by atoms with E-state index in [-0.39, 0.29) is 18.0 Å². The molecule has 118 valence electrons. The van der Waals surface area contributed by atoms with E-state index >= 15 is 0 Å². The second kappa shape index (κ2) is 6.77. The summed E-state index contributed by atoms with van der Waals surface area (Å²) in [4.78, 5) is 23.1. The zero-order chi connectivity index (χ0) is 16.3. The van der Waals surface area contributed by atoms with Crippen LogP contribution in [-0.2, 0) is 11.2 Å². The number of Topliss-reactive ketones (excluding diaryl/α,β-unsaturated/α-hetero) is 1. The number of benzene rings is 1. The van der Waals surface area contributed by atoms with Crippen molar-refractivity contribution in [3.63, 3.8) is 0 Å². The first-order chi connectivity index (χ1) is 10.4. The van der Waals surface area contributed by atoms with E-state index in [1.54, 1.807) is 12.1 Å². The van der Waals surface area contributed by atoms with Gasteiger partial charge in [-0.25, -0.2) is 4.79 Å². The number of fused-ring (bicyclic) bond motifs is 1. The minimum absolute atomic E-state index is 0.0151. The first-order valence-electron chi connectivity index (χ1n) is 7.57.